The normalized spacial score (nSPS) is 29.8. The van der Waals surface area contributed by atoms with E-state index in [1.165, 1.54) is 19.0 Å². The van der Waals surface area contributed by atoms with Crippen LogP contribution in [0.2, 0.25) is 0 Å². The first-order valence-corrected chi connectivity index (χ1v) is 6.42. The number of hydrogen-bond donors (Lipinski definition) is 1. The van der Waals surface area contributed by atoms with E-state index >= 15 is 0 Å². The van der Waals surface area contributed by atoms with E-state index in [0.29, 0.717) is 23.3 Å². The molecule has 0 aliphatic carbocycles. The molecular weight excluding hydrogens is 226 g/mol. The minimum atomic E-state index is 0.101. The molecule has 3 rings (SSSR count). The van der Waals surface area contributed by atoms with Gasteiger partial charge < -0.3 is 5.32 Å². The highest BCUT2D eigenvalue weighted by Gasteiger charge is 2.37. The first-order chi connectivity index (χ1) is 8.76. The van der Waals surface area contributed by atoms with Crippen molar-refractivity contribution in [3.63, 3.8) is 0 Å². The summed E-state index contributed by atoms with van der Waals surface area (Å²) < 4.78 is 0. The molecule has 0 saturated carbocycles. The highest BCUT2D eigenvalue weighted by molar-refractivity contribution is 5.96. The summed E-state index contributed by atoms with van der Waals surface area (Å²) in [5.74, 6) is 0.238. The summed E-state index contributed by atoms with van der Waals surface area (Å²) in [6, 6.07) is 6.37. The number of carbonyl (C=O) groups excluding carboxylic acids is 1. The minimum Gasteiger partial charge on any atom is -0.311 e. The quantitative estimate of drug-likeness (QED) is 0.800. The lowest BCUT2D eigenvalue weighted by Gasteiger charge is -2.27. The van der Waals surface area contributed by atoms with Gasteiger partial charge in [0, 0.05) is 24.2 Å². The smallest absolute Gasteiger partial charge is 0.184 e. The molecule has 0 amide bonds. The van der Waals surface area contributed by atoms with Crippen LogP contribution >= 0.6 is 0 Å². The van der Waals surface area contributed by atoms with Crippen LogP contribution in [0, 0.1) is 17.2 Å². The van der Waals surface area contributed by atoms with Gasteiger partial charge in [-0.25, -0.2) is 0 Å². The number of nitrogens with zero attached hydrogens (tertiary/aromatic N) is 2. The molecule has 2 fully saturated rings. The second-order valence-corrected chi connectivity index (χ2v) is 5.21. The predicted octanol–water partition coefficient (Wildman–Crippen LogP) is 1.67. The van der Waals surface area contributed by atoms with Crippen LogP contribution < -0.4 is 5.32 Å². The number of piperidine rings is 1. The number of carbonyl (C=O) groups is 1. The summed E-state index contributed by atoms with van der Waals surface area (Å²) in [6.45, 7) is 0. The Hall–Kier alpha value is -1.73. The van der Waals surface area contributed by atoms with Crippen molar-refractivity contribution in [3.8, 4) is 6.07 Å². The fraction of sp³-hybridized carbons (Fsp3) is 0.500. The van der Waals surface area contributed by atoms with Crippen LogP contribution in [0.1, 0.15) is 41.7 Å². The Morgan fingerprint density at radius 1 is 1.33 bits per heavy atom. The summed E-state index contributed by atoms with van der Waals surface area (Å²) >= 11 is 0. The lowest BCUT2D eigenvalue weighted by atomic mass is 9.87. The fourth-order valence-electron chi connectivity index (χ4n) is 3.09. The third-order valence-electron chi connectivity index (χ3n) is 3.99. The number of pyridine rings is 1. The zero-order valence-electron chi connectivity index (χ0n) is 10.1. The van der Waals surface area contributed by atoms with Crippen LogP contribution in [0.5, 0.6) is 0 Å². The second-order valence-electron chi connectivity index (χ2n) is 5.21. The second kappa shape index (κ2) is 4.51. The van der Waals surface area contributed by atoms with E-state index in [4.69, 9.17) is 5.26 Å². The summed E-state index contributed by atoms with van der Waals surface area (Å²) in [5, 5.41) is 12.2. The molecular formula is C14H15N3O. The van der Waals surface area contributed by atoms with Gasteiger partial charge in [0.05, 0.1) is 5.56 Å². The van der Waals surface area contributed by atoms with Crippen LogP contribution in [0.25, 0.3) is 0 Å². The molecule has 2 aliphatic rings. The maximum Gasteiger partial charge on any atom is 0.184 e. The molecule has 92 valence electrons. The van der Waals surface area contributed by atoms with Gasteiger partial charge in [-0.15, -0.1) is 0 Å². The first kappa shape index (κ1) is 11.4. The Morgan fingerprint density at radius 3 is 2.61 bits per heavy atom. The van der Waals surface area contributed by atoms with E-state index < -0.39 is 0 Å². The van der Waals surface area contributed by atoms with Crippen LogP contribution in [-0.2, 0) is 0 Å². The Bertz CT molecular complexity index is 491. The molecule has 18 heavy (non-hydrogen) atoms. The zero-order chi connectivity index (χ0) is 12.5. The van der Waals surface area contributed by atoms with Crippen molar-refractivity contribution >= 4 is 5.78 Å². The Labute approximate surface area is 106 Å². The number of fused-ring (bicyclic) bond motifs is 2. The molecule has 0 radical (unpaired) electrons. The van der Waals surface area contributed by atoms with Crippen LogP contribution in [0.3, 0.4) is 0 Å². The lowest BCUT2D eigenvalue weighted by molar-refractivity contribution is 0.0870. The molecule has 2 saturated heterocycles. The first-order valence-electron chi connectivity index (χ1n) is 6.42. The molecule has 4 heteroatoms. The predicted molar refractivity (Wildman–Crippen MR) is 66.0 cm³/mol. The third-order valence-corrected chi connectivity index (χ3v) is 3.99. The van der Waals surface area contributed by atoms with E-state index in [1.807, 2.05) is 6.07 Å². The maximum atomic E-state index is 12.3. The number of nitrogens with one attached hydrogen (secondary N) is 1. The van der Waals surface area contributed by atoms with Gasteiger partial charge in [-0.1, -0.05) is 0 Å². The summed E-state index contributed by atoms with van der Waals surface area (Å²) in [4.78, 5) is 16.4. The summed E-state index contributed by atoms with van der Waals surface area (Å²) in [6.07, 6.45) is 5.71. The van der Waals surface area contributed by atoms with Crippen LogP contribution in [0.15, 0.2) is 18.3 Å². The minimum absolute atomic E-state index is 0.101. The van der Waals surface area contributed by atoms with Gasteiger partial charge in [-0.05, 0) is 37.8 Å². The Morgan fingerprint density at radius 2 is 2.06 bits per heavy atom. The molecule has 2 bridgehead atoms. The molecule has 0 spiro atoms. The SMILES string of the molecule is N#Cc1ccc(C(=O)C2CC3CCC(C2)N3)nc1. The molecule has 3 heterocycles. The van der Waals surface area contributed by atoms with Gasteiger partial charge in [-0.2, -0.15) is 5.26 Å². The number of ketones is 1. The summed E-state index contributed by atoms with van der Waals surface area (Å²) in [5.41, 5.74) is 0.997. The van der Waals surface area contributed by atoms with Crippen molar-refractivity contribution in [2.45, 2.75) is 37.8 Å². The monoisotopic (exact) mass is 241 g/mol. The zero-order valence-corrected chi connectivity index (χ0v) is 10.1. The fourth-order valence-corrected chi connectivity index (χ4v) is 3.09. The van der Waals surface area contributed by atoms with Crippen molar-refractivity contribution in [1.29, 1.82) is 5.26 Å². The van der Waals surface area contributed by atoms with Gasteiger partial charge in [0.2, 0.25) is 0 Å². The van der Waals surface area contributed by atoms with Crippen molar-refractivity contribution in [2.24, 2.45) is 5.92 Å². The van der Waals surface area contributed by atoms with E-state index in [2.05, 4.69) is 10.3 Å². The Kier molecular flexibility index (Phi) is 2.85. The number of hydrogen-bond acceptors (Lipinski definition) is 4. The molecule has 2 unspecified atom stereocenters. The number of Topliss-reactive ketones (excluding diaryl/α,β-unsaturated/α-hetero) is 1. The van der Waals surface area contributed by atoms with Crippen molar-refractivity contribution in [3.05, 3.63) is 29.6 Å². The lowest BCUT2D eigenvalue weighted by Crippen LogP contribution is -2.40. The van der Waals surface area contributed by atoms with E-state index in [0.717, 1.165) is 12.8 Å². The summed E-state index contributed by atoms with van der Waals surface area (Å²) in [7, 11) is 0. The van der Waals surface area contributed by atoms with Crippen molar-refractivity contribution in [2.75, 3.05) is 0 Å². The Balaban J connectivity index is 1.76. The van der Waals surface area contributed by atoms with Crippen LogP contribution in [-0.4, -0.2) is 22.9 Å². The van der Waals surface area contributed by atoms with Crippen molar-refractivity contribution < 1.29 is 4.79 Å². The van der Waals surface area contributed by atoms with E-state index in [1.54, 1.807) is 12.1 Å². The highest BCUT2D eigenvalue weighted by Crippen LogP contribution is 2.32. The molecule has 2 atom stereocenters. The van der Waals surface area contributed by atoms with Crippen molar-refractivity contribution in [1.82, 2.24) is 10.3 Å². The average molecular weight is 241 g/mol. The molecule has 1 aromatic heterocycles. The molecule has 4 nitrogen and oxygen atoms in total. The van der Waals surface area contributed by atoms with Gasteiger partial charge in [-0.3, -0.25) is 9.78 Å². The number of rotatable bonds is 2. The molecule has 2 aliphatic heterocycles. The van der Waals surface area contributed by atoms with Gasteiger partial charge in [0.15, 0.2) is 5.78 Å². The van der Waals surface area contributed by atoms with Gasteiger partial charge in [0.1, 0.15) is 11.8 Å². The van der Waals surface area contributed by atoms with Crippen LogP contribution in [0.4, 0.5) is 0 Å². The molecule has 1 aromatic rings. The third kappa shape index (κ3) is 2.02. The molecule has 0 aromatic carbocycles. The van der Waals surface area contributed by atoms with Gasteiger partial charge >= 0.3 is 0 Å². The van der Waals surface area contributed by atoms with E-state index in [-0.39, 0.29) is 11.7 Å². The topological polar surface area (TPSA) is 65.8 Å². The van der Waals surface area contributed by atoms with Gasteiger partial charge in [0.25, 0.3) is 0 Å². The standard InChI is InChI=1S/C14H15N3O/c15-7-9-1-4-13(16-8-9)14(18)10-5-11-2-3-12(6-10)17-11/h1,4,8,10-12,17H,2-3,5-6H2. The molecule has 1 N–H and O–H groups in total. The average Bonchev–Trinajstić information content (AvgIpc) is 2.77. The number of aromatic nitrogens is 1. The highest BCUT2D eigenvalue weighted by atomic mass is 16.1. The van der Waals surface area contributed by atoms with E-state index in [9.17, 15) is 4.79 Å². The number of nitriles is 1. The largest absolute Gasteiger partial charge is 0.311 e. The maximum absolute atomic E-state index is 12.3.